The van der Waals surface area contributed by atoms with E-state index in [4.69, 9.17) is 5.26 Å². The Bertz CT molecular complexity index is 409. The van der Waals surface area contributed by atoms with Crippen LogP contribution in [0.4, 0.5) is 5.00 Å². The van der Waals surface area contributed by atoms with E-state index in [-0.39, 0.29) is 16.0 Å². The van der Waals surface area contributed by atoms with E-state index in [1.165, 1.54) is 0 Å². The molecule has 0 aliphatic rings. The van der Waals surface area contributed by atoms with Crippen molar-refractivity contribution in [3.8, 4) is 6.07 Å². The highest BCUT2D eigenvalue weighted by molar-refractivity contribution is 7.15. The van der Waals surface area contributed by atoms with Gasteiger partial charge in [0.25, 0.3) is 0 Å². The molecule has 0 aliphatic carbocycles. The molecule has 0 fully saturated rings. The fraction of sp³-hybridized carbons (Fsp3) is 0.444. The van der Waals surface area contributed by atoms with E-state index in [0.717, 1.165) is 16.2 Å². The van der Waals surface area contributed by atoms with Crippen molar-refractivity contribution in [3.63, 3.8) is 0 Å². The van der Waals surface area contributed by atoms with Crippen LogP contribution in [0.5, 0.6) is 0 Å². The van der Waals surface area contributed by atoms with Gasteiger partial charge in [-0.15, -0.1) is 0 Å². The topological polar surface area (TPSA) is 66.9 Å². The maximum atomic E-state index is 10.6. The van der Waals surface area contributed by atoms with Gasteiger partial charge in [0.1, 0.15) is 11.6 Å². The van der Waals surface area contributed by atoms with Gasteiger partial charge in [-0.1, -0.05) is 32.1 Å². The fourth-order valence-electron chi connectivity index (χ4n) is 0.967. The fourth-order valence-corrected chi connectivity index (χ4v) is 1.95. The largest absolute Gasteiger partial charge is 0.342 e. The molecule has 0 saturated carbocycles. The van der Waals surface area contributed by atoms with Crippen molar-refractivity contribution in [3.05, 3.63) is 26.6 Å². The molecule has 1 aromatic rings. The summed E-state index contributed by atoms with van der Waals surface area (Å²) in [6, 6.07) is 3.44. The monoisotopic (exact) mass is 210 g/mol. The maximum Gasteiger partial charge on any atom is 0.342 e. The van der Waals surface area contributed by atoms with E-state index >= 15 is 0 Å². The molecule has 1 rings (SSSR count). The Morgan fingerprint density at radius 2 is 2.14 bits per heavy atom. The van der Waals surface area contributed by atoms with Crippen LogP contribution in [0.25, 0.3) is 0 Å². The number of hydrogen-bond acceptors (Lipinski definition) is 4. The summed E-state index contributed by atoms with van der Waals surface area (Å²) in [5.74, 6) is 0. The number of hydrogen-bond donors (Lipinski definition) is 0. The average molecular weight is 210 g/mol. The highest BCUT2D eigenvalue weighted by Crippen LogP contribution is 2.36. The number of nitriles is 1. The van der Waals surface area contributed by atoms with Crippen molar-refractivity contribution in [1.82, 2.24) is 0 Å². The second kappa shape index (κ2) is 3.39. The van der Waals surface area contributed by atoms with Gasteiger partial charge in [-0.3, -0.25) is 10.1 Å². The molecule has 0 aliphatic heterocycles. The van der Waals surface area contributed by atoms with Crippen LogP contribution in [0, 0.1) is 21.4 Å². The average Bonchev–Trinajstić information content (AvgIpc) is 2.45. The first-order valence-corrected chi connectivity index (χ1v) is 4.86. The summed E-state index contributed by atoms with van der Waals surface area (Å²) in [5.41, 5.74) is 0.00905. The second-order valence-corrected chi connectivity index (χ2v) is 4.98. The molecule has 0 radical (unpaired) electrons. The van der Waals surface area contributed by atoms with Crippen LogP contribution in [-0.4, -0.2) is 4.92 Å². The van der Waals surface area contributed by atoms with E-state index in [0.29, 0.717) is 0 Å². The first-order valence-electron chi connectivity index (χ1n) is 4.05. The van der Waals surface area contributed by atoms with Gasteiger partial charge in [0.2, 0.25) is 0 Å². The van der Waals surface area contributed by atoms with Crippen LogP contribution in [0.3, 0.4) is 0 Å². The van der Waals surface area contributed by atoms with E-state index in [1.807, 2.05) is 26.8 Å². The zero-order chi connectivity index (χ0) is 10.9. The molecule has 1 heterocycles. The molecule has 0 spiro atoms. The van der Waals surface area contributed by atoms with E-state index in [1.54, 1.807) is 6.07 Å². The number of nitrogens with zero attached hydrogens (tertiary/aromatic N) is 2. The van der Waals surface area contributed by atoms with E-state index in [2.05, 4.69) is 0 Å². The quantitative estimate of drug-likeness (QED) is 0.528. The van der Waals surface area contributed by atoms with Crippen LogP contribution in [0.1, 0.15) is 31.2 Å². The summed E-state index contributed by atoms with van der Waals surface area (Å²) < 4.78 is 0. The number of thiophene rings is 1. The molecule has 4 nitrogen and oxygen atoms in total. The lowest BCUT2D eigenvalue weighted by Crippen LogP contribution is -2.07. The Balaban J connectivity index is 3.29. The van der Waals surface area contributed by atoms with Gasteiger partial charge in [-0.25, -0.2) is 0 Å². The third kappa shape index (κ3) is 1.91. The van der Waals surface area contributed by atoms with Crippen LogP contribution >= 0.6 is 11.3 Å². The highest BCUT2D eigenvalue weighted by atomic mass is 32.1. The zero-order valence-electron chi connectivity index (χ0n) is 8.20. The molecule has 0 atom stereocenters. The standard InChI is InChI=1S/C9H10N2O2S/c1-9(2,3)7-4-6(5-10)8(14-7)11(12)13/h4H,1-3H3. The normalized spacial score (nSPS) is 11.0. The summed E-state index contributed by atoms with van der Waals surface area (Å²) in [6.45, 7) is 5.89. The lowest BCUT2D eigenvalue weighted by molar-refractivity contribution is -0.380. The van der Waals surface area contributed by atoms with Crippen LogP contribution < -0.4 is 0 Å². The van der Waals surface area contributed by atoms with Gasteiger partial charge < -0.3 is 0 Å². The Morgan fingerprint density at radius 3 is 2.43 bits per heavy atom. The van der Waals surface area contributed by atoms with Gasteiger partial charge in [-0.2, -0.15) is 5.26 Å². The van der Waals surface area contributed by atoms with Gasteiger partial charge in [0, 0.05) is 4.88 Å². The summed E-state index contributed by atoms with van der Waals surface area (Å²) in [6.07, 6.45) is 0. The Hall–Kier alpha value is -1.41. The number of nitro groups is 1. The third-order valence-corrected chi connectivity index (χ3v) is 3.25. The molecule has 14 heavy (non-hydrogen) atoms. The molecule has 0 aromatic carbocycles. The van der Waals surface area contributed by atoms with Gasteiger partial charge >= 0.3 is 5.00 Å². The van der Waals surface area contributed by atoms with Crippen molar-refractivity contribution >= 4 is 16.3 Å². The van der Waals surface area contributed by atoms with Crippen molar-refractivity contribution in [1.29, 1.82) is 5.26 Å². The molecule has 0 unspecified atom stereocenters. The van der Waals surface area contributed by atoms with Crippen LogP contribution in [0.15, 0.2) is 6.07 Å². The highest BCUT2D eigenvalue weighted by Gasteiger charge is 2.25. The predicted molar refractivity (Wildman–Crippen MR) is 54.4 cm³/mol. The molecule has 0 saturated heterocycles. The third-order valence-electron chi connectivity index (χ3n) is 1.74. The minimum absolute atomic E-state index is 0.0579. The van der Waals surface area contributed by atoms with Crippen molar-refractivity contribution < 1.29 is 4.92 Å². The smallest absolute Gasteiger partial charge is 0.258 e. The van der Waals surface area contributed by atoms with Gasteiger partial charge in [0.05, 0.1) is 4.92 Å². The van der Waals surface area contributed by atoms with Crippen LogP contribution in [-0.2, 0) is 5.41 Å². The summed E-state index contributed by atoms with van der Waals surface area (Å²) >= 11 is 1.08. The molecule has 0 N–H and O–H groups in total. The van der Waals surface area contributed by atoms with Crippen molar-refractivity contribution in [2.45, 2.75) is 26.2 Å². The molecule has 74 valence electrons. The van der Waals surface area contributed by atoms with E-state index < -0.39 is 4.92 Å². The van der Waals surface area contributed by atoms with Gasteiger partial charge in [0.15, 0.2) is 0 Å². The van der Waals surface area contributed by atoms with Crippen molar-refractivity contribution in [2.24, 2.45) is 0 Å². The first kappa shape index (κ1) is 10.7. The minimum atomic E-state index is -0.502. The molecule has 5 heteroatoms. The number of rotatable bonds is 1. The van der Waals surface area contributed by atoms with Crippen molar-refractivity contribution in [2.75, 3.05) is 0 Å². The summed E-state index contributed by atoms with van der Waals surface area (Å²) in [5, 5.41) is 19.2. The summed E-state index contributed by atoms with van der Waals surface area (Å²) in [4.78, 5) is 10.9. The second-order valence-electron chi connectivity index (χ2n) is 3.95. The Kier molecular flexibility index (Phi) is 2.58. The minimum Gasteiger partial charge on any atom is -0.258 e. The molecular formula is C9H10N2O2S. The zero-order valence-corrected chi connectivity index (χ0v) is 9.01. The first-order chi connectivity index (χ1) is 6.36. The lowest BCUT2D eigenvalue weighted by Gasteiger charge is -2.14. The summed E-state index contributed by atoms with van der Waals surface area (Å²) in [7, 11) is 0. The lowest BCUT2D eigenvalue weighted by atomic mass is 9.94. The molecule has 1 aromatic heterocycles. The maximum absolute atomic E-state index is 10.6. The SMILES string of the molecule is CC(C)(C)c1cc(C#N)c([N+](=O)[O-])s1. The molecule has 0 amide bonds. The Morgan fingerprint density at radius 1 is 1.57 bits per heavy atom. The van der Waals surface area contributed by atoms with Gasteiger partial charge in [-0.05, 0) is 11.5 Å². The van der Waals surface area contributed by atoms with Crippen LogP contribution in [0.2, 0.25) is 0 Å². The Labute approximate surface area is 85.9 Å². The predicted octanol–water partition coefficient (Wildman–Crippen LogP) is 2.83. The molecular weight excluding hydrogens is 200 g/mol. The van der Waals surface area contributed by atoms with E-state index in [9.17, 15) is 10.1 Å². The molecule has 0 bridgehead atoms.